The van der Waals surface area contributed by atoms with Crippen molar-refractivity contribution in [3.8, 4) is 51.0 Å². The Bertz CT molecular complexity index is 3470. The van der Waals surface area contributed by atoms with Gasteiger partial charge in [0.1, 0.15) is 0 Å². The Morgan fingerprint density at radius 2 is 0.864 bits per heavy atom. The summed E-state index contributed by atoms with van der Waals surface area (Å²) in [6, 6.07) is 73.3. The summed E-state index contributed by atoms with van der Waals surface area (Å²) in [6.45, 7) is 0. The fourth-order valence-corrected chi connectivity index (χ4v) is 8.98. The van der Waals surface area contributed by atoms with Gasteiger partial charge in [-0.05, 0) is 66.7 Å². The number of fused-ring (bicyclic) bond motifs is 8. The third-order valence-electron chi connectivity index (χ3n) is 11.6. The van der Waals surface area contributed by atoms with Gasteiger partial charge in [-0.3, -0.25) is 0 Å². The molecule has 0 saturated carbocycles. The van der Waals surface area contributed by atoms with Crippen molar-refractivity contribution < 1.29 is 0 Å². The Balaban J connectivity index is 1.18. The van der Waals surface area contributed by atoms with Gasteiger partial charge in [-0.2, -0.15) is 0 Å². The minimum absolute atomic E-state index is 0.678. The van der Waals surface area contributed by atoms with Crippen molar-refractivity contribution in [2.45, 2.75) is 0 Å². The molecular weight excluding hydrogens is 719 g/mol. The van der Waals surface area contributed by atoms with E-state index in [1.165, 1.54) is 38.0 Å². The number of aromatic nitrogens is 5. The summed E-state index contributed by atoms with van der Waals surface area (Å²) < 4.78 is 7.20. The van der Waals surface area contributed by atoms with Crippen molar-refractivity contribution in [1.29, 1.82) is 0 Å². The van der Waals surface area contributed by atoms with Gasteiger partial charge in [-0.25, -0.2) is 9.97 Å². The smallest absolute Gasteiger partial charge is 0.160 e. The lowest BCUT2D eigenvalue weighted by Gasteiger charge is -2.14. The summed E-state index contributed by atoms with van der Waals surface area (Å²) in [7, 11) is 0. The Hall–Kier alpha value is -8.02. The largest absolute Gasteiger partial charge is 0.316 e. The van der Waals surface area contributed by atoms with Crippen LogP contribution in [0.2, 0.25) is 0 Å². The van der Waals surface area contributed by atoms with E-state index < -0.39 is 0 Å². The summed E-state index contributed by atoms with van der Waals surface area (Å²) in [4.78, 5) is 10.5. The molecule has 0 aliphatic heterocycles. The van der Waals surface area contributed by atoms with E-state index in [2.05, 4.69) is 214 Å². The predicted molar refractivity (Wildman–Crippen MR) is 244 cm³/mol. The second-order valence-corrected chi connectivity index (χ2v) is 15.1. The van der Waals surface area contributed by atoms with E-state index in [0.29, 0.717) is 5.82 Å². The number of hydrogen-bond acceptors (Lipinski definition) is 2. The van der Waals surface area contributed by atoms with Crippen LogP contribution in [0.1, 0.15) is 0 Å². The molecule has 0 aliphatic carbocycles. The predicted octanol–water partition coefficient (Wildman–Crippen LogP) is 13.6. The Kier molecular flexibility index (Phi) is 7.47. The van der Waals surface area contributed by atoms with Crippen LogP contribution in [0.25, 0.3) is 105 Å². The standard InChI is InChI=1S/C54H35N5/c1-5-16-36(17-6-1)47-34-48(37-18-7-2-8-19-37)56-54(55-47)39-20-15-25-42(32-39)59-51-35-50-38(30-31-57(50)40-21-9-3-10-22-40)33-46(51)45-29-28-44-43-26-13-14-27-49(43)58(52(44)53(45)59)41-23-11-4-12-24-41/h1-35H. The molecule has 0 atom stereocenters. The number of hydrogen-bond donors (Lipinski definition) is 0. The molecule has 12 aromatic rings. The Labute approximate surface area is 340 Å². The van der Waals surface area contributed by atoms with Gasteiger partial charge < -0.3 is 13.7 Å². The lowest BCUT2D eigenvalue weighted by Crippen LogP contribution is -2.00. The molecule has 0 fully saturated rings. The number of para-hydroxylation sites is 3. The highest BCUT2D eigenvalue weighted by atomic mass is 15.0. The van der Waals surface area contributed by atoms with Gasteiger partial charge in [0.2, 0.25) is 0 Å². The second-order valence-electron chi connectivity index (χ2n) is 15.1. The SMILES string of the molecule is c1ccc(-c2cc(-c3ccccc3)nc(-c3cccc(-n4c5cc6c(ccn6-c6ccccc6)cc5c5ccc6c7ccccc7n(-c7ccccc7)c6c54)c3)n2)cc1. The fraction of sp³-hybridized carbons (Fsp3) is 0. The van der Waals surface area contributed by atoms with Crippen LogP contribution in [-0.4, -0.2) is 23.7 Å². The Morgan fingerprint density at radius 1 is 0.322 bits per heavy atom. The molecule has 0 N–H and O–H groups in total. The molecule has 0 bridgehead atoms. The van der Waals surface area contributed by atoms with Gasteiger partial charge in [0.25, 0.3) is 0 Å². The average molecular weight is 754 g/mol. The quantitative estimate of drug-likeness (QED) is 0.170. The molecule has 0 amide bonds. The topological polar surface area (TPSA) is 40.6 Å². The van der Waals surface area contributed by atoms with Gasteiger partial charge in [-0.15, -0.1) is 0 Å². The average Bonchev–Trinajstić information content (AvgIpc) is 3.99. The van der Waals surface area contributed by atoms with E-state index in [4.69, 9.17) is 9.97 Å². The van der Waals surface area contributed by atoms with Crippen molar-refractivity contribution in [1.82, 2.24) is 23.7 Å². The molecular formula is C54H35N5. The molecule has 0 spiro atoms. The third kappa shape index (κ3) is 5.33. The van der Waals surface area contributed by atoms with Gasteiger partial charge in [0.15, 0.2) is 5.82 Å². The van der Waals surface area contributed by atoms with Crippen LogP contribution in [0, 0.1) is 0 Å². The van der Waals surface area contributed by atoms with E-state index in [1.807, 2.05) is 12.1 Å². The zero-order valence-corrected chi connectivity index (χ0v) is 31.9. The van der Waals surface area contributed by atoms with Crippen LogP contribution < -0.4 is 0 Å². The van der Waals surface area contributed by atoms with Crippen LogP contribution in [0.3, 0.4) is 0 Å². The molecule has 0 unspecified atom stereocenters. The van der Waals surface area contributed by atoms with Gasteiger partial charge in [0.05, 0.1) is 39.0 Å². The molecule has 4 heterocycles. The molecule has 5 nitrogen and oxygen atoms in total. The lowest BCUT2D eigenvalue weighted by molar-refractivity contribution is 1.12. The first-order chi connectivity index (χ1) is 29.3. The summed E-state index contributed by atoms with van der Waals surface area (Å²) in [5.41, 5.74) is 13.9. The molecule has 0 aliphatic rings. The minimum atomic E-state index is 0.678. The van der Waals surface area contributed by atoms with Crippen LogP contribution in [-0.2, 0) is 0 Å². The van der Waals surface area contributed by atoms with E-state index in [1.54, 1.807) is 0 Å². The molecule has 8 aromatic carbocycles. The van der Waals surface area contributed by atoms with Crippen LogP contribution in [0.4, 0.5) is 0 Å². The Morgan fingerprint density at radius 3 is 1.54 bits per heavy atom. The number of rotatable bonds is 6. The first kappa shape index (κ1) is 33.2. The fourth-order valence-electron chi connectivity index (χ4n) is 8.98. The highest BCUT2D eigenvalue weighted by Crippen LogP contribution is 2.43. The van der Waals surface area contributed by atoms with Crippen LogP contribution >= 0.6 is 0 Å². The highest BCUT2D eigenvalue weighted by Gasteiger charge is 2.23. The van der Waals surface area contributed by atoms with E-state index in [-0.39, 0.29) is 0 Å². The number of benzene rings is 8. The molecule has 4 aromatic heterocycles. The summed E-state index contributed by atoms with van der Waals surface area (Å²) >= 11 is 0. The summed E-state index contributed by atoms with van der Waals surface area (Å²) in [5, 5.41) is 6.02. The van der Waals surface area contributed by atoms with Crippen LogP contribution in [0.15, 0.2) is 212 Å². The highest BCUT2D eigenvalue weighted by molar-refractivity contribution is 6.25. The zero-order chi connectivity index (χ0) is 38.9. The van der Waals surface area contributed by atoms with Crippen molar-refractivity contribution in [3.63, 3.8) is 0 Å². The van der Waals surface area contributed by atoms with E-state index >= 15 is 0 Å². The van der Waals surface area contributed by atoms with E-state index in [0.717, 1.165) is 61.7 Å². The van der Waals surface area contributed by atoms with Crippen LogP contribution in [0.5, 0.6) is 0 Å². The van der Waals surface area contributed by atoms with Crippen molar-refractivity contribution in [2.24, 2.45) is 0 Å². The molecule has 12 rings (SSSR count). The lowest BCUT2D eigenvalue weighted by atomic mass is 10.1. The minimum Gasteiger partial charge on any atom is -0.316 e. The van der Waals surface area contributed by atoms with Gasteiger partial charge in [0, 0.05) is 66.9 Å². The molecule has 0 radical (unpaired) electrons. The van der Waals surface area contributed by atoms with Crippen molar-refractivity contribution in [3.05, 3.63) is 212 Å². The molecule has 276 valence electrons. The van der Waals surface area contributed by atoms with Crippen molar-refractivity contribution in [2.75, 3.05) is 0 Å². The third-order valence-corrected chi connectivity index (χ3v) is 11.6. The maximum absolute atomic E-state index is 5.23. The molecule has 5 heteroatoms. The van der Waals surface area contributed by atoms with E-state index in [9.17, 15) is 0 Å². The second kappa shape index (κ2) is 13.3. The van der Waals surface area contributed by atoms with Gasteiger partial charge >= 0.3 is 0 Å². The number of nitrogens with zero attached hydrogens (tertiary/aromatic N) is 5. The monoisotopic (exact) mass is 753 g/mol. The molecule has 0 saturated heterocycles. The van der Waals surface area contributed by atoms with Gasteiger partial charge in [-0.1, -0.05) is 140 Å². The zero-order valence-electron chi connectivity index (χ0n) is 31.9. The maximum atomic E-state index is 5.23. The first-order valence-electron chi connectivity index (χ1n) is 20.0. The normalized spacial score (nSPS) is 11.7. The maximum Gasteiger partial charge on any atom is 0.160 e. The van der Waals surface area contributed by atoms with Crippen molar-refractivity contribution >= 4 is 54.5 Å². The summed E-state index contributed by atoms with van der Waals surface area (Å²) in [5.74, 6) is 0.678. The summed E-state index contributed by atoms with van der Waals surface area (Å²) in [6.07, 6.45) is 2.18. The molecule has 59 heavy (non-hydrogen) atoms. The first-order valence-corrected chi connectivity index (χ1v) is 20.0.